The third-order valence-corrected chi connectivity index (χ3v) is 7.81. The van der Waals surface area contributed by atoms with Crippen molar-refractivity contribution in [3.63, 3.8) is 0 Å². The van der Waals surface area contributed by atoms with Crippen molar-refractivity contribution in [3.05, 3.63) is 45.9 Å². The third-order valence-electron chi connectivity index (χ3n) is 4.73. The molecule has 0 aliphatic carbocycles. The summed E-state index contributed by atoms with van der Waals surface area (Å²) >= 11 is 7.34. The zero-order valence-electron chi connectivity index (χ0n) is 14.6. The minimum atomic E-state index is -2.94. The van der Waals surface area contributed by atoms with E-state index in [2.05, 4.69) is 10.4 Å². The molecule has 3 heterocycles. The molecule has 0 unspecified atom stereocenters. The lowest BCUT2D eigenvalue weighted by atomic mass is 10.1. The number of aromatic nitrogens is 2. The van der Waals surface area contributed by atoms with Crippen molar-refractivity contribution in [1.29, 1.82) is 0 Å². The van der Waals surface area contributed by atoms with E-state index in [0.717, 1.165) is 21.6 Å². The number of carbonyl (C=O) groups is 1. The van der Waals surface area contributed by atoms with Gasteiger partial charge in [-0.25, -0.2) is 13.1 Å². The van der Waals surface area contributed by atoms with Gasteiger partial charge in [0.2, 0.25) is 0 Å². The minimum Gasteiger partial charge on any atom is -0.349 e. The van der Waals surface area contributed by atoms with Crippen LogP contribution < -0.4 is 5.32 Å². The van der Waals surface area contributed by atoms with Crippen molar-refractivity contribution in [2.45, 2.75) is 25.8 Å². The second kappa shape index (κ2) is 6.92. The molecule has 142 valence electrons. The van der Waals surface area contributed by atoms with E-state index in [1.165, 1.54) is 11.3 Å². The lowest BCUT2D eigenvalue weighted by Gasteiger charge is -2.22. The maximum absolute atomic E-state index is 12.6. The van der Waals surface area contributed by atoms with Gasteiger partial charge in [-0.1, -0.05) is 11.6 Å². The number of carbonyl (C=O) groups excluding carboxylic acids is 1. The van der Waals surface area contributed by atoms with E-state index in [4.69, 9.17) is 11.6 Å². The molecule has 0 saturated carbocycles. The normalized spacial score (nSPS) is 17.3. The monoisotopic (exact) mass is 423 g/mol. The fourth-order valence-corrected chi connectivity index (χ4v) is 5.91. The van der Waals surface area contributed by atoms with Gasteiger partial charge in [0.05, 0.1) is 27.8 Å². The van der Waals surface area contributed by atoms with Crippen molar-refractivity contribution < 1.29 is 13.2 Å². The van der Waals surface area contributed by atoms with Crippen LogP contribution >= 0.6 is 22.9 Å². The topological polar surface area (TPSA) is 81.1 Å². The number of halogens is 1. The molecule has 1 amide bonds. The molecular formula is C18H18ClN3O3S2. The Kier molecular flexibility index (Phi) is 4.73. The number of thiophene rings is 1. The van der Waals surface area contributed by atoms with Crippen LogP contribution in [-0.2, 0) is 9.84 Å². The fourth-order valence-electron chi connectivity index (χ4n) is 3.21. The van der Waals surface area contributed by atoms with Crippen LogP contribution in [0.2, 0.25) is 5.02 Å². The summed E-state index contributed by atoms with van der Waals surface area (Å²) < 4.78 is 24.9. The quantitative estimate of drug-likeness (QED) is 0.700. The summed E-state index contributed by atoms with van der Waals surface area (Å²) in [5.41, 5.74) is 1.72. The number of rotatable bonds is 3. The third kappa shape index (κ3) is 3.74. The highest BCUT2D eigenvalue weighted by Crippen LogP contribution is 2.31. The molecular weight excluding hydrogens is 406 g/mol. The van der Waals surface area contributed by atoms with Crippen LogP contribution in [0.3, 0.4) is 0 Å². The zero-order valence-corrected chi connectivity index (χ0v) is 17.0. The van der Waals surface area contributed by atoms with Crippen molar-refractivity contribution in [2.24, 2.45) is 0 Å². The minimum absolute atomic E-state index is 0.0971. The highest BCUT2D eigenvalue weighted by molar-refractivity contribution is 7.91. The Morgan fingerprint density at radius 1 is 1.26 bits per heavy atom. The number of hydrogen-bond donors (Lipinski definition) is 1. The largest absolute Gasteiger partial charge is 0.349 e. The van der Waals surface area contributed by atoms with Gasteiger partial charge in [-0.3, -0.25) is 4.79 Å². The average molecular weight is 424 g/mol. The molecule has 1 aliphatic heterocycles. The molecule has 0 bridgehead atoms. The summed E-state index contributed by atoms with van der Waals surface area (Å²) in [5, 5.41) is 9.13. The van der Waals surface area contributed by atoms with Crippen LogP contribution in [0.4, 0.5) is 0 Å². The SMILES string of the molecule is Cc1nn(-c2ccc(Cl)cc2)c2sc(C(=O)NC3CCS(=O)(=O)CC3)cc12. The molecule has 1 saturated heterocycles. The summed E-state index contributed by atoms with van der Waals surface area (Å²) in [4.78, 5) is 14.1. The molecule has 1 fully saturated rings. The molecule has 3 aromatic rings. The fraction of sp³-hybridized carbons (Fsp3) is 0.333. The van der Waals surface area contributed by atoms with Gasteiger partial charge in [0, 0.05) is 16.5 Å². The molecule has 1 aliphatic rings. The van der Waals surface area contributed by atoms with Gasteiger partial charge in [-0.05, 0) is 50.1 Å². The lowest BCUT2D eigenvalue weighted by molar-refractivity contribution is 0.0938. The summed E-state index contributed by atoms with van der Waals surface area (Å²) in [6, 6.07) is 9.13. The number of fused-ring (bicyclic) bond motifs is 1. The van der Waals surface area contributed by atoms with Crippen molar-refractivity contribution in [2.75, 3.05) is 11.5 Å². The molecule has 27 heavy (non-hydrogen) atoms. The van der Waals surface area contributed by atoms with Gasteiger partial charge in [-0.2, -0.15) is 5.10 Å². The van der Waals surface area contributed by atoms with Crippen molar-refractivity contribution >= 4 is 48.9 Å². The number of sulfone groups is 1. The maximum atomic E-state index is 12.6. The van der Waals surface area contributed by atoms with Crippen LogP contribution in [0.1, 0.15) is 28.2 Å². The van der Waals surface area contributed by atoms with E-state index in [1.807, 2.05) is 29.8 Å². The highest BCUT2D eigenvalue weighted by Gasteiger charge is 2.26. The molecule has 4 rings (SSSR count). The van der Waals surface area contributed by atoms with Gasteiger partial charge < -0.3 is 5.32 Å². The Balaban J connectivity index is 1.59. The van der Waals surface area contributed by atoms with Crippen LogP contribution in [0.15, 0.2) is 30.3 Å². The van der Waals surface area contributed by atoms with Crippen LogP contribution in [-0.4, -0.2) is 41.7 Å². The van der Waals surface area contributed by atoms with E-state index >= 15 is 0 Å². The molecule has 1 aromatic carbocycles. The van der Waals surface area contributed by atoms with E-state index in [1.54, 1.807) is 12.1 Å². The predicted molar refractivity (Wildman–Crippen MR) is 108 cm³/mol. The van der Waals surface area contributed by atoms with E-state index in [0.29, 0.717) is 22.7 Å². The van der Waals surface area contributed by atoms with Gasteiger partial charge in [0.1, 0.15) is 14.7 Å². The molecule has 0 radical (unpaired) electrons. The summed E-state index contributed by atoms with van der Waals surface area (Å²) in [6.45, 7) is 1.91. The van der Waals surface area contributed by atoms with E-state index in [-0.39, 0.29) is 23.5 Å². The van der Waals surface area contributed by atoms with Crippen molar-refractivity contribution in [3.8, 4) is 5.69 Å². The van der Waals surface area contributed by atoms with Gasteiger partial charge in [0.25, 0.3) is 5.91 Å². The smallest absolute Gasteiger partial charge is 0.261 e. The number of hydrogen-bond acceptors (Lipinski definition) is 5. The van der Waals surface area contributed by atoms with E-state index in [9.17, 15) is 13.2 Å². The molecule has 0 spiro atoms. The van der Waals surface area contributed by atoms with Crippen LogP contribution in [0.25, 0.3) is 15.9 Å². The highest BCUT2D eigenvalue weighted by atomic mass is 35.5. The average Bonchev–Trinajstić information content (AvgIpc) is 3.19. The molecule has 2 aromatic heterocycles. The molecule has 1 N–H and O–H groups in total. The Bertz CT molecular complexity index is 1100. The summed E-state index contributed by atoms with van der Waals surface area (Å²) in [6.07, 6.45) is 0.938. The second-order valence-corrected chi connectivity index (χ2v) is 10.5. The summed E-state index contributed by atoms with van der Waals surface area (Å²) in [7, 11) is -2.94. The predicted octanol–water partition coefficient (Wildman–Crippen LogP) is 3.36. The first-order valence-electron chi connectivity index (χ1n) is 8.59. The number of aryl methyl sites for hydroxylation is 1. The second-order valence-electron chi connectivity index (χ2n) is 6.70. The Morgan fingerprint density at radius 3 is 2.59 bits per heavy atom. The molecule has 6 nitrogen and oxygen atoms in total. The standard InChI is InChI=1S/C18H18ClN3O3S2/c1-11-15-10-16(17(23)20-13-6-8-27(24,25)9-7-13)26-18(15)22(21-11)14-4-2-12(19)3-5-14/h2-5,10,13H,6-9H2,1H3,(H,20,23). The van der Waals surface area contributed by atoms with Gasteiger partial charge >= 0.3 is 0 Å². The Labute approximate surface area is 166 Å². The van der Waals surface area contributed by atoms with E-state index < -0.39 is 9.84 Å². The first kappa shape index (κ1) is 18.5. The zero-order chi connectivity index (χ0) is 19.2. The van der Waals surface area contributed by atoms with Gasteiger partial charge in [0.15, 0.2) is 0 Å². The summed E-state index contributed by atoms with van der Waals surface area (Å²) in [5.74, 6) is 0.104. The number of nitrogens with zero attached hydrogens (tertiary/aromatic N) is 2. The number of amides is 1. The van der Waals surface area contributed by atoms with Gasteiger partial charge in [-0.15, -0.1) is 11.3 Å². The Morgan fingerprint density at radius 2 is 1.93 bits per heavy atom. The first-order valence-corrected chi connectivity index (χ1v) is 11.6. The number of benzene rings is 1. The molecule has 9 heteroatoms. The Hall–Kier alpha value is -1.90. The maximum Gasteiger partial charge on any atom is 0.261 e. The van der Waals surface area contributed by atoms with Crippen LogP contribution in [0.5, 0.6) is 0 Å². The van der Waals surface area contributed by atoms with Crippen LogP contribution in [0, 0.1) is 6.92 Å². The van der Waals surface area contributed by atoms with Crippen molar-refractivity contribution in [1.82, 2.24) is 15.1 Å². The first-order chi connectivity index (χ1) is 12.8. The number of nitrogens with one attached hydrogen (secondary N) is 1. The lowest BCUT2D eigenvalue weighted by Crippen LogP contribution is -2.40. The molecule has 0 atom stereocenters.